The monoisotopic (exact) mass is 367 g/mol. The van der Waals surface area contributed by atoms with Gasteiger partial charge in [0.25, 0.3) is 11.8 Å². The van der Waals surface area contributed by atoms with E-state index in [1.165, 1.54) is 0 Å². The minimum atomic E-state index is -1.24. The van der Waals surface area contributed by atoms with Gasteiger partial charge < -0.3 is 10.1 Å². The molecular formula is C20H21N3O4. The second-order valence-electron chi connectivity index (χ2n) is 6.63. The molecule has 0 aromatic heterocycles. The Morgan fingerprint density at radius 1 is 1.11 bits per heavy atom. The standard InChI is InChI=1S/C20H21N3O4/c1-13-9-10-16(11-14(13)2)27-12-17(24)22-23-18(25)20(3,21-19(23)26)15-7-5-4-6-8-15/h4-11H,12H2,1-3H3,(H,21,26)(H,22,24). The Balaban J connectivity index is 1.64. The van der Waals surface area contributed by atoms with E-state index in [2.05, 4.69) is 10.7 Å². The molecule has 1 heterocycles. The van der Waals surface area contributed by atoms with Crippen LogP contribution < -0.4 is 15.5 Å². The fourth-order valence-electron chi connectivity index (χ4n) is 2.82. The topological polar surface area (TPSA) is 87.7 Å². The van der Waals surface area contributed by atoms with Gasteiger partial charge in [-0.2, -0.15) is 5.01 Å². The maximum atomic E-state index is 12.7. The number of aryl methyl sites for hydroxylation is 2. The number of urea groups is 1. The molecule has 27 heavy (non-hydrogen) atoms. The summed E-state index contributed by atoms with van der Waals surface area (Å²) < 4.78 is 5.44. The van der Waals surface area contributed by atoms with Crippen molar-refractivity contribution in [2.45, 2.75) is 26.3 Å². The summed E-state index contributed by atoms with van der Waals surface area (Å²) in [6.07, 6.45) is 0. The van der Waals surface area contributed by atoms with Crippen LogP contribution in [-0.4, -0.2) is 29.5 Å². The van der Waals surface area contributed by atoms with Gasteiger partial charge in [-0.15, -0.1) is 0 Å². The zero-order valence-electron chi connectivity index (χ0n) is 15.4. The maximum Gasteiger partial charge on any atom is 0.344 e. The van der Waals surface area contributed by atoms with Crippen molar-refractivity contribution in [2.75, 3.05) is 6.61 Å². The highest BCUT2D eigenvalue weighted by Crippen LogP contribution is 2.27. The van der Waals surface area contributed by atoms with E-state index in [1.54, 1.807) is 37.3 Å². The largest absolute Gasteiger partial charge is 0.484 e. The summed E-state index contributed by atoms with van der Waals surface area (Å²) in [7, 11) is 0. The van der Waals surface area contributed by atoms with Gasteiger partial charge in [0.15, 0.2) is 6.61 Å². The highest BCUT2D eigenvalue weighted by Gasteiger charge is 2.49. The van der Waals surface area contributed by atoms with E-state index >= 15 is 0 Å². The quantitative estimate of drug-likeness (QED) is 0.793. The number of benzene rings is 2. The smallest absolute Gasteiger partial charge is 0.344 e. The van der Waals surface area contributed by atoms with Gasteiger partial charge in [-0.05, 0) is 49.6 Å². The maximum absolute atomic E-state index is 12.7. The van der Waals surface area contributed by atoms with Crippen LogP contribution in [0.4, 0.5) is 4.79 Å². The zero-order valence-corrected chi connectivity index (χ0v) is 15.4. The molecule has 0 aliphatic carbocycles. The molecule has 1 saturated heterocycles. The number of hydrogen-bond acceptors (Lipinski definition) is 4. The molecule has 2 aromatic rings. The minimum absolute atomic E-state index is 0.318. The first kappa shape index (κ1) is 18.4. The molecule has 3 rings (SSSR count). The second-order valence-corrected chi connectivity index (χ2v) is 6.63. The average Bonchev–Trinajstić information content (AvgIpc) is 2.87. The number of hydrazine groups is 1. The van der Waals surface area contributed by atoms with Crippen molar-refractivity contribution in [1.82, 2.24) is 15.8 Å². The van der Waals surface area contributed by atoms with Crippen molar-refractivity contribution >= 4 is 17.8 Å². The minimum Gasteiger partial charge on any atom is -0.484 e. The number of carbonyl (C=O) groups is 3. The van der Waals surface area contributed by atoms with Crippen molar-refractivity contribution in [3.8, 4) is 5.75 Å². The molecule has 0 bridgehead atoms. The van der Waals surface area contributed by atoms with Crippen molar-refractivity contribution in [1.29, 1.82) is 0 Å². The van der Waals surface area contributed by atoms with Gasteiger partial charge in [-0.3, -0.25) is 15.0 Å². The predicted molar refractivity (Wildman–Crippen MR) is 98.7 cm³/mol. The number of carbonyl (C=O) groups excluding carboxylic acids is 3. The Labute approximate surface area is 157 Å². The fraction of sp³-hybridized carbons (Fsp3) is 0.250. The van der Waals surface area contributed by atoms with Crippen LogP contribution in [0.3, 0.4) is 0 Å². The molecule has 0 saturated carbocycles. The first-order valence-electron chi connectivity index (χ1n) is 8.53. The Kier molecular flexibility index (Phi) is 4.85. The van der Waals surface area contributed by atoms with Crippen molar-refractivity contribution < 1.29 is 19.1 Å². The van der Waals surface area contributed by atoms with E-state index in [0.29, 0.717) is 16.3 Å². The lowest BCUT2D eigenvalue weighted by molar-refractivity contribution is -0.139. The zero-order chi connectivity index (χ0) is 19.6. The lowest BCUT2D eigenvalue weighted by atomic mass is 9.92. The number of rotatable bonds is 5. The SMILES string of the molecule is Cc1ccc(OCC(=O)NN2C(=O)NC(C)(c3ccccc3)C2=O)cc1C. The molecule has 7 heteroatoms. The lowest BCUT2D eigenvalue weighted by Crippen LogP contribution is -2.49. The summed E-state index contributed by atoms with van der Waals surface area (Å²) in [4.78, 5) is 37.1. The fourth-order valence-corrected chi connectivity index (χ4v) is 2.82. The average molecular weight is 367 g/mol. The molecule has 2 N–H and O–H groups in total. The van der Waals surface area contributed by atoms with Crippen molar-refractivity contribution in [2.24, 2.45) is 0 Å². The van der Waals surface area contributed by atoms with E-state index in [1.807, 2.05) is 32.0 Å². The van der Waals surface area contributed by atoms with Gasteiger partial charge >= 0.3 is 6.03 Å². The molecule has 1 aliphatic heterocycles. The highest BCUT2D eigenvalue weighted by molar-refractivity contribution is 6.08. The third-order valence-electron chi connectivity index (χ3n) is 4.63. The number of imide groups is 1. The van der Waals surface area contributed by atoms with Gasteiger partial charge in [-0.25, -0.2) is 4.79 Å². The van der Waals surface area contributed by atoms with E-state index in [4.69, 9.17) is 4.74 Å². The Morgan fingerprint density at radius 3 is 2.48 bits per heavy atom. The lowest BCUT2D eigenvalue weighted by Gasteiger charge is -2.22. The van der Waals surface area contributed by atoms with Crippen LogP contribution in [0, 0.1) is 13.8 Å². The number of ether oxygens (including phenoxy) is 1. The van der Waals surface area contributed by atoms with Gasteiger partial charge in [0.2, 0.25) is 0 Å². The molecular weight excluding hydrogens is 346 g/mol. The van der Waals surface area contributed by atoms with Crippen LogP contribution in [0.2, 0.25) is 0 Å². The van der Waals surface area contributed by atoms with E-state index in [0.717, 1.165) is 11.1 Å². The predicted octanol–water partition coefficient (Wildman–Crippen LogP) is 2.18. The summed E-state index contributed by atoms with van der Waals surface area (Å²) in [6, 6.07) is 13.6. The van der Waals surface area contributed by atoms with Crippen molar-refractivity contribution in [3.05, 3.63) is 65.2 Å². The van der Waals surface area contributed by atoms with Crippen LogP contribution in [0.25, 0.3) is 0 Å². The molecule has 7 nitrogen and oxygen atoms in total. The Hall–Kier alpha value is -3.35. The van der Waals surface area contributed by atoms with Gasteiger partial charge in [0, 0.05) is 0 Å². The third kappa shape index (κ3) is 3.62. The molecule has 140 valence electrons. The van der Waals surface area contributed by atoms with Gasteiger partial charge in [0.1, 0.15) is 11.3 Å². The summed E-state index contributed by atoms with van der Waals surface area (Å²) >= 11 is 0. The van der Waals surface area contributed by atoms with Crippen LogP contribution in [0.15, 0.2) is 48.5 Å². The van der Waals surface area contributed by atoms with E-state index in [-0.39, 0.29) is 6.61 Å². The third-order valence-corrected chi connectivity index (χ3v) is 4.63. The number of hydrogen-bond donors (Lipinski definition) is 2. The molecule has 2 aromatic carbocycles. The normalized spacial score (nSPS) is 19.0. The molecule has 1 aliphatic rings. The summed E-state index contributed by atoms with van der Waals surface area (Å²) in [5.74, 6) is -0.619. The molecule has 1 unspecified atom stereocenters. The second kappa shape index (κ2) is 7.11. The summed E-state index contributed by atoms with van der Waals surface area (Å²) in [5, 5.41) is 3.31. The number of amides is 4. The first-order valence-corrected chi connectivity index (χ1v) is 8.53. The summed E-state index contributed by atoms with van der Waals surface area (Å²) in [6.45, 7) is 5.20. The molecule has 1 fully saturated rings. The number of nitrogens with one attached hydrogen (secondary N) is 2. The van der Waals surface area contributed by atoms with Crippen LogP contribution in [0.1, 0.15) is 23.6 Å². The van der Waals surface area contributed by atoms with Gasteiger partial charge in [0.05, 0.1) is 0 Å². The van der Waals surface area contributed by atoms with E-state index in [9.17, 15) is 14.4 Å². The van der Waals surface area contributed by atoms with Crippen LogP contribution >= 0.6 is 0 Å². The van der Waals surface area contributed by atoms with E-state index < -0.39 is 23.4 Å². The Morgan fingerprint density at radius 2 is 1.81 bits per heavy atom. The van der Waals surface area contributed by atoms with Crippen LogP contribution in [-0.2, 0) is 15.1 Å². The highest BCUT2D eigenvalue weighted by atomic mass is 16.5. The van der Waals surface area contributed by atoms with Crippen molar-refractivity contribution in [3.63, 3.8) is 0 Å². The molecule has 1 atom stereocenters. The summed E-state index contributed by atoms with van der Waals surface area (Å²) in [5.41, 5.74) is 3.86. The molecule has 0 radical (unpaired) electrons. The Bertz CT molecular complexity index is 897. The van der Waals surface area contributed by atoms with Gasteiger partial charge in [-0.1, -0.05) is 36.4 Å². The molecule has 4 amide bonds. The number of nitrogens with zero attached hydrogens (tertiary/aromatic N) is 1. The first-order chi connectivity index (χ1) is 12.8. The van der Waals surface area contributed by atoms with Crippen LogP contribution in [0.5, 0.6) is 5.75 Å². The molecule has 0 spiro atoms.